The van der Waals surface area contributed by atoms with Gasteiger partial charge in [0.05, 0.1) is 28.4 Å². The topological polar surface area (TPSA) is 34.0 Å². The van der Waals surface area contributed by atoms with Crippen molar-refractivity contribution in [2.75, 3.05) is 4.90 Å². The summed E-state index contributed by atoms with van der Waals surface area (Å²) in [4.78, 5) is 2.34. The quantitative estimate of drug-likeness (QED) is 0.160. The fourth-order valence-electron chi connectivity index (χ4n) is 10.9. The van der Waals surface area contributed by atoms with E-state index >= 15 is 0 Å². The van der Waals surface area contributed by atoms with Gasteiger partial charge in [-0.15, -0.1) is 0 Å². The monoisotopic (exact) mass is 884 g/mol. The summed E-state index contributed by atoms with van der Waals surface area (Å²) in [6.07, 6.45) is 0.979. The molecule has 14 rings (SSSR count). The summed E-state index contributed by atoms with van der Waals surface area (Å²) in [5.41, 5.74) is 20.6. The lowest BCUT2D eigenvalue weighted by atomic mass is 9.98. The maximum atomic E-state index is 5.04. The minimum Gasteiger partial charge on any atom is -0.309 e. The summed E-state index contributed by atoms with van der Waals surface area (Å²) < 4.78 is 12.5. The normalized spacial score (nSPS) is 12.1. The van der Waals surface area contributed by atoms with Gasteiger partial charge in [-0.05, 0) is 145 Å². The molecule has 318 valence electrons. The van der Waals surface area contributed by atoms with E-state index in [1.54, 1.807) is 0 Å². The Labute approximate surface area is 397 Å². The average molecular weight is 885 g/mol. The minimum atomic E-state index is 0.865. The summed E-state index contributed by atoms with van der Waals surface area (Å²) >= 11 is 1.26. The lowest BCUT2D eigenvalue weighted by molar-refractivity contribution is 1.18. The molecule has 0 bridgehead atoms. The lowest BCUT2D eigenvalue weighted by Crippen LogP contribution is -2.11. The van der Waals surface area contributed by atoms with Crippen molar-refractivity contribution in [1.82, 2.24) is 13.3 Å². The van der Waals surface area contributed by atoms with Crippen molar-refractivity contribution in [2.45, 2.75) is 6.42 Å². The Bertz CT molecular complexity index is 4020. The van der Waals surface area contributed by atoms with Crippen molar-refractivity contribution < 1.29 is 0 Å². The molecule has 1 aliphatic carbocycles. The smallest absolute Gasteiger partial charge is 0.129 e. The van der Waals surface area contributed by atoms with Gasteiger partial charge in [-0.3, -0.25) is 0 Å². The Morgan fingerprint density at radius 3 is 1.75 bits per heavy atom. The molecular formula is C63H40N4S. The third-order valence-electron chi connectivity index (χ3n) is 14.1. The summed E-state index contributed by atoms with van der Waals surface area (Å²) in [5.74, 6) is 0. The first kappa shape index (κ1) is 38.6. The molecule has 2 aromatic heterocycles. The van der Waals surface area contributed by atoms with Gasteiger partial charge in [-0.1, -0.05) is 164 Å². The van der Waals surface area contributed by atoms with Crippen LogP contribution in [-0.2, 0) is 6.42 Å². The van der Waals surface area contributed by atoms with E-state index in [9.17, 15) is 0 Å². The van der Waals surface area contributed by atoms with E-state index in [0.717, 1.165) is 56.9 Å². The number of nitrogens with zero attached hydrogens (tertiary/aromatic N) is 4. The van der Waals surface area contributed by atoms with Crippen LogP contribution in [0.1, 0.15) is 11.1 Å². The Morgan fingerprint density at radius 2 is 0.985 bits per heavy atom. The molecule has 5 heteroatoms. The molecule has 11 aromatic carbocycles. The van der Waals surface area contributed by atoms with Crippen molar-refractivity contribution in [1.29, 1.82) is 0 Å². The predicted octanol–water partition coefficient (Wildman–Crippen LogP) is 17.1. The molecule has 0 saturated carbocycles. The van der Waals surface area contributed by atoms with E-state index in [4.69, 9.17) is 8.75 Å². The maximum absolute atomic E-state index is 5.04. The van der Waals surface area contributed by atoms with Crippen molar-refractivity contribution in [3.8, 4) is 50.2 Å². The highest BCUT2D eigenvalue weighted by Crippen LogP contribution is 2.45. The van der Waals surface area contributed by atoms with E-state index < -0.39 is 0 Å². The van der Waals surface area contributed by atoms with Gasteiger partial charge in [-0.25, -0.2) is 0 Å². The number of rotatable bonds is 7. The Balaban J connectivity index is 0.883. The van der Waals surface area contributed by atoms with Crippen molar-refractivity contribution in [3.63, 3.8) is 0 Å². The van der Waals surface area contributed by atoms with Crippen molar-refractivity contribution in [3.05, 3.63) is 242 Å². The molecular weight excluding hydrogens is 845 g/mol. The number of aromatic nitrogens is 3. The standard InChI is InChI=1S/C63H40N4S/c1-2-11-40(12-3-1)41-23-29-49(30-24-41)66(51-17-10-16-45(38-51)46-21-22-48-37-47-15-6-7-18-52(47)56(48)39-46)59-36-33-55(62-63(59)65-68-64-62)44-25-31-50(32-26-44)67-57-34-27-42-13-4-8-19-53(42)60(57)61-54-20-9-5-14-43(54)28-35-58(61)67/h1-36,38-39H,37H2. The molecule has 68 heavy (non-hydrogen) atoms. The predicted molar refractivity (Wildman–Crippen MR) is 286 cm³/mol. The number of anilines is 3. The highest BCUT2D eigenvalue weighted by molar-refractivity contribution is 7.00. The van der Waals surface area contributed by atoms with Gasteiger partial charge >= 0.3 is 0 Å². The third kappa shape index (κ3) is 6.13. The SMILES string of the molecule is c1ccc(-c2ccc(N(c3cccc(-c4ccc5c(c4)-c4ccccc4C5)c3)c3ccc(-c4ccc(-n5c6ccc7ccccc7c6c6c7ccccc7ccc65)cc4)c4nsnc34)cc2)cc1. The molecule has 0 unspecified atom stereocenters. The second kappa shape index (κ2) is 15.5. The van der Waals surface area contributed by atoms with Gasteiger partial charge in [0.2, 0.25) is 0 Å². The molecule has 0 aliphatic heterocycles. The van der Waals surface area contributed by atoms with Gasteiger partial charge in [0.15, 0.2) is 0 Å². The van der Waals surface area contributed by atoms with E-state index in [1.807, 2.05) is 0 Å². The maximum Gasteiger partial charge on any atom is 0.129 e. The second-order valence-corrected chi connectivity index (χ2v) is 18.4. The minimum absolute atomic E-state index is 0.865. The second-order valence-electron chi connectivity index (χ2n) is 17.8. The third-order valence-corrected chi connectivity index (χ3v) is 14.6. The highest BCUT2D eigenvalue weighted by atomic mass is 32.1. The van der Waals surface area contributed by atoms with Crippen molar-refractivity contribution >= 4 is 83.2 Å². The number of benzene rings is 11. The first-order valence-corrected chi connectivity index (χ1v) is 23.9. The van der Waals surface area contributed by atoms with Crippen LogP contribution in [-0.4, -0.2) is 13.3 Å². The van der Waals surface area contributed by atoms with Crippen LogP contribution in [0.15, 0.2) is 231 Å². The Kier molecular flexibility index (Phi) is 8.79. The van der Waals surface area contributed by atoms with Crippen molar-refractivity contribution in [2.24, 2.45) is 0 Å². The van der Waals surface area contributed by atoms with Gasteiger partial charge in [-0.2, -0.15) is 8.75 Å². The number of hydrogen-bond acceptors (Lipinski definition) is 4. The number of fused-ring (bicyclic) bond motifs is 11. The van der Waals surface area contributed by atoms with Crippen LogP contribution >= 0.6 is 11.7 Å². The van der Waals surface area contributed by atoms with Crippen LogP contribution in [0, 0.1) is 0 Å². The fourth-order valence-corrected chi connectivity index (χ4v) is 11.4. The van der Waals surface area contributed by atoms with Crippen LogP contribution in [0.4, 0.5) is 17.1 Å². The first-order chi connectivity index (χ1) is 33.7. The van der Waals surface area contributed by atoms with E-state index in [2.05, 4.69) is 240 Å². The molecule has 0 amide bonds. The summed E-state index contributed by atoms with van der Waals surface area (Å²) in [5, 5.41) is 7.59. The van der Waals surface area contributed by atoms with Gasteiger partial charge < -0.3 is 9.47 Å². The zero-order valence-corrected chi connectivity index (χ0v) is 37.7. The van der Waals surface area contributed by atoms with E-state index in [0.29, 0.717) is 0 Å². The van der Waals surface area contributed by atoms with Gasteiger partial charge in [0.1, 0.15) is 11.0 Å². The molecule has 1 aliphatic rings. The van der Waals surface area contributed by atoms with Crippen LogP contribution in [0.2, 0.25) is 0 Å². The molecule has 0 spiro atoms. The number of hydrogen-bond donors (Lipinski definition) is 0. The lowest BCUT2D eigenvalue weighted by Gasteiger charge is -2.27. The summed E-state index contributed by atoms with van der Waals surface area (Å²) in [7, 11) is 0. The summed E-state index contributed by atoms with van der Waals surface area (Å²) in [6.45, 7) is 0. The molecule has 2 heterocycles. The largest absolute Gasteiger partial charge is 0.309 e. The molecule has 0 saturated heterocycles. The van der Waals surface area contributed by atoms with Crippen LogP contribution in [0.3, 0.4) is 0 Å². The molecule has 0 fully saturated rings. The summed E-state index contributed by atoms with van der Waals surface area (Å²) in [6, 6.07) is 84.1. The average Bonchev–Trinajstić information content (AvgIpc) is 4.15. The zero-order valence-electron chi connectivity index (χ0n) is 36.8. The Hall–Kier alpha value is -8.64. The van der Waals surface area contributed by atoms with Gasteiger partial charge in [0.25, 0.3) is 0 Å². The van der Waals surface area contributed by atoms with Crippen LogP contribution in [0.5, 0.6) is 0 Å². The molecule has 13 aromatic rings. The van der Waals surface area contributed by atoms with E-state index in [1.165, 1.54) is 94.0 Å². The van der Waals surface area contributed by atoms with Gasteiger partial charge in [0, 0.05) is 33.4 Å². The first-order valence-electron chi connectivity index (χ1n) is 23.2. The zero-order chi connectivity index (χ0) is 44.7. The molecule has 4 nitrogen and oxygen atoms in total. The molecule has 0 atom stereocenters. The van der Waals surface area contributed by atoms with E-state index in [-0.39, 0.29) is 0 Å². The Morgan fingerprint density at radius 1 is 0.382 bits per heavy atom. The van der Waals surface area contributed by atoms with Crippen LogP contribution in [0.25, 0.3) is 105 Å². The molecule has 0 N–H and O–H groups in total. The fraction of sp³-hybridized carbons (Fsp3) is 0.0159. The van der Waals surface area contributed by atoms with Crippen LogP contribution < -0.4 is 4.90 Å². The molecule has 0 radical (unpaired) electrons. The highest BCUT2D eigenvalue weighted by Gasteiger charge is 2.23.